The van der Waals surface area contributed by atoms with Crippen molar-refractivity contribution >= 4 is 29.0 Å². The van der Waals surface area contributed by atoms with Gasteiger partial charge in [-0.15, -0.1) is 15.3 Å². The number of benzene rings is 2. The van der Waals surface area contributed by atoms with Gasteiger partial charge in [0.15, 0.2) is 11.5 Å². The molecular formula is C24H22ClFN6O. The van der Waals surface area contributed by atoms with Crippen LogP contribution in [0.3, 0.4) is 0 Å². The number of carbonyl (C=O) groups is 1. The maximum Gasteiger partial charge on any atom is 0.223 e. The van der Waals surface area contributed by atoms with E-state index in [1.165, 1.54) is 12.1 Å². The van der Waals surface area contributed by atoms with Crippen LogP contribution in [-0.2, 0) is 11.3 Å². The van der Waals surface area contributed by atoms with Crippen LogP contribution in [0, 0.1) is 11.7 Å². The van der Waals surface area contributed by atoms with Gasteiger partial charge in [-0.25, -0.2) is 4.39 Å². The number of halogens is 2. The summed E-state index contributed by atoms with van der Waals surface area (Å²) < 4.78 is 14.7. The molecule has 4 aromatic rings. The predicted molar refractivity (Wildman–Crippen MR) is 124 cm³/mol. The second-order valence-corrected chi connectivity index (χ2v) is 8.48. The Bertz CT molecular complexity index is 1280. The average molecular weight is 465 g/mol. The minimum atomic E-state index is -0.283. The van der Waals surface area contributed by atoms with Crippen molar-refractivity contribution in [1.29, 1.82) is 0 Å². The van der Waals surface area contributed by atoms with Gasteiger partial charge in [0.25, 0.3) is 0 Å². The van der Waals surface area contributed by atoms with E-state index in [-0.39, 0.29) is 17.6 Å². The first-order chi connectivity index (χ1) is 16.1. The van der Waals surface area contributed by atoms with E-state index < -0.39 is 0 Å². The van der Waals surface area contributed by atoms with Gasteiger partial charge in [0.1, 0.15) is 11.6 Å². The normalized spacial score (nSPS) is 14.5. The van der Waals surface area contributed by atoms with Gasteiger partial charge in [-0.05, 0) is 54.8 Å². The van der Waals surface area contributed by atoms with Crippen LogP contribution in [0.4, 0.5) is 10.2 Å². The summed E-state index contributed by atoms with van der Waals surface area (Å²) in [6.07, 6.45) is 1.46. The molecule has 168 valence electrons. The highest BCUT2D eigenvalue weighted by Crippen LogP contribution is 2.27. The number of hydrogen-bond donors (Lipinski definition) is 1. The zero-order valence-electron chi connectivity index (χ0n) is 17.8. The van der Waals surface area contributed by atoms with Crippen molar-refractivity contribution in [2.24, 2.45) is 5.92 Å². The summed E-state index contributed by atoms with van der Waals surface area (Å²) >= 11 is 6.35. The average Bonchev–Trinajstić information content (AvgIpc) is 3.27. The number of carbonyl (C=O) groups excluding carboxylic acids is 1. The topological polar surface area (TPSA) is 75.4 Å². The smallest absolute Gasteiger partial charge is 0.223 e. The quantitative estimate of drug-likeness (QED) is 0.481. The molecule has 0 spiro atoms. The lowest BCUT2D eigenvalue weighted by Crippen LogP contribution is -2.40. The van der Waals surface area contributed by atoms with Crippen LogP contribution in [-0.4, -0.2) is 38.8 Å². The third-order valence-electron chi connectivity index (χ3n) is 5.93. The number of hydrogen-bond acceptors (Lipinski definition) is 5. The Morgan fingerprint density at radius 1 is 1.03 bits per heavy atom. The number of aromatic nitrogens is 4. The highest BCUT2D eigenvalue weighted by atomic mass is 35.5. The Hall–Kier alpha value is -3.52. The van der Waals surface area contributed by atoms with Crippen LogP contribution in [0.1, 0.15) is 18.4 Å². The summed E-state index contributed by atoms with van der Waals surface area (Å²) in [7, 11) is 0. The number of piperidine rings is 1. The van der Waals surface area contributed by atoms with Crippen molar-refractivity contribution in [3.8, 4) is 11.4 Å². The van der Waals surface area contributed by atoms with Gasteiger partial charge in [0.2, 0.25) is 5.91 Å². The molecule has 1 fully saturated rings. The van der Waals surface area contributed by atoms with E-state index in [0.717, 1.165) is 42.9 Å². The molecule has 9 heteroatoms. The Morgan fingerprint density at radius 2 is 1.79 bits per heavy atom. The summed E-state index contributed by atoms with van der Waals surface area (Å²) in [6.45, 7) is 1.84. The first kappa shape index (κ1) is 21.3. The van der Waals surface area contributed by atoms with E-state index in [1.807, 2.05) is 36.4 Å². The molecule has 2 aromatic carbocycles. The third-order valence-corrected chi connectivity index (χ3v) is 6.26. The highest BCUT2D eigenvalue weighted by molar-refractivity contribution is 6.33. The minimum Gasteiger partial charge on any atom is -0.355 e. The summed E-state index contributed by atoms with van der Waals surface area (Å²) in [5, 5.41) is 16.8. The van der Waals surface area contributed by atoms with Crippen molar-refractivity contribution in [3.05, 3.63) is 77.1 Å². The lowest BCUT2D eigenvalue weighted by molar-refractivity contribution is -0.125. The van der Waals surface area contributed by atoms with Crippen molar-refractivity contribution < 1.29 is 9.18 Å². The molecule has 0 bridgehead atoms. The van der Waals surface area contributed by atoms with Crippen molar-refractivity contribution in [3.63, 3.8) is 0 Å². The summed E-state index contributed by atoms with van der Waals surface area (Å²) in [5.41, 5.74) is 2.29. The van der Waals surface area contributed by atoms with Crippen LogP contribution in [0.15, 0.2) is 60.7 Å². The molecule has 1 aliphatic rings. The number of rotatable bonds is 5. The number of fused-ring (bicyclic) bond motifs is 1. The summed E-state index contributed by atoms with van der Waals surface area (Å²) in [5.74, 6) is 1.09. The zero-order chi connectivity index (χ0) is 22.8. The molecule has 1 N–H and O–H groups in total. The van der Waals surface area contributed by atoms with Crippen molar-refractivity contribution in [1.82, 2.24) is 25.1 Å². The predicted octanol–water partition coefficient (Wildman–Crippen LogP) is 4.12. The van der Waals surface area contributed by atoms with Gasteiger partial charge in [-0.1, -0.05) is 35.9 Å². The van der Waals surface area contributed by atoms with Crippen LogP contribution < -0.4 is 10.2 Å². The molecule has 0 radical (unpaired) electrons. The van der Waals surface area contributed by atoms with Crippen molar-refractivity contribution in [2.75, 3.05) is 18.0 Å². The summed E-state index contributed by atoms with van der Waals surface area (Å²) in [4.78, 5) is 14.8. The van der Waals surface area contributed by atoms with E-state index in [2.05, 4.69) is 20.4 Å². The van der Waals surface area contributed by atoms with Crippen LogP contribution in [0.2, 0.25) is 5.02 Å². The maximum atomic E-state index is 13.0. The fourth-order valence-electron chi connectivity index (χ4n) is 4.06. The molecular weight excluding hydrogens is 443 g/mol. The molecule has 0 saturated carbocycles. The van der Waals surface area contributed by atoms with Gasteiger partial charge in [-0.2, -0.15) is 4.52 Å². The van der Waals surface area contributed by atoms with Crippen LogP contribution >= 0.6 is 11.6 Å². The van der Waals surface area contributed by atoms with Gasteiger partial charge in [0, 0.05) is 31.1 Å². The minimum absolute atomic E-state index is 0.0298. The largest absolute Gasteiger partial charge is 0.355 e. The van der Waals surface area contributed by atoms with E-state index in [4.69, 9.17) is 16.7 Å². The summed E-state index contributed by atoms with van der Waals surface area (Å²) in [6, 6.07) is 17.5. The van der Waals surface area contributed by atoms with E-state index >= 15 is 0 Å². The molecule has 1 aliphatic heterocycles. The van der Waals surface area contributed by atoms with Gasteiger partial charge < -0.3 is 10.2 Å². The highest BCUT2D eigenvalue weighted by Gasteiger charge is 2.26. The SMILES string of the molecule is O=C(NCc1ccc(F)cc1)C1CCN(c2ccc3nnc(-c4ccccc4Cl)n3n2)CC1. The molecule has 1 amide bonds. The lowest BCUT2D eigenvalue weighted by atomic mass is 9.96. The van der Waals surface area contributed by atoms with E-state index in [1.54, 1.807) is 16.6 Å². The molecule has 3 heterocycles. The number of nitrogens with one attached hydrogen (secondary N) is 1. The molecule has 1 saturated heterocycles. The Labute approximate surface area is 195 Å². The third kappa shape index (κ3) is 4.52. The van der Waals surface area contributed by atoms with Crippen molar-refractivity contribution in [2.45, 2.75) is 19.4 Å². The first-order valence-corrected chi connectivity index (χ1v) is 11.2. The Morgan fingerprint density at radius 3 is 2.55 bits per heavy atom. The second kappa shape index (κ2) is 9.15. The molecule has 0 atom stereocenters. The lowest BCUT2D eigenvalue weighted by Gasteiger charge is -2.32. The molecule has 5 rings (SSSR count). The first-order valence-electron chi connectivity index (χ1n) is 10.8. The molecule has 33 heavy (non-hydrogen) atoms. The number of nitrogens with zero attached hydrogens (tertiary/aromatic N) is 5. The Balaban J connectivity index is 1.25. The van der Waals surface area contributed by atoms with Gasteiger partial charge in [-0.3, -0.25) is 4.79 Å². The fraction of sp³-hybridized carbons (Fsp3) is 0.250. The molecule has 0 unspecified atom stereocenters. The van der Waals surface area contributed by atoms with Gasteiger partial charge >= 0.3 is 0 Å². The fourth-order valence-corrected chi connectivity index (χ4v) is 4.29. The van der Waals surface area contributed by atoms with Gasteiger partial charge in [0.05, 0.1) is 5.02 Å². The molecule has 7 nitrogen and oxygen atoms in total. The molecule has 0 aliphatic carbocycles. The number of amides is 1. The van der Waals surface area contributed by atoms with E-state index in [0.29, 0.717) is 23.0 Å². The standard InChI is InChI=1S/C24H22ClFN6O/c25-20-4-2-1-3-19(20)23-29-28-21-9-10-22(30-32(21)23)31-13-11-17(12-14-31)24(33)27-15-16-5-7-18(26)8-6-16/h1-10,17H,11-15H2,(H,27,33). The zero-order valence-corrected chi connectivity index (χ0v) is 18.5. The van der Waals surface area contributed by atoms with E-state index in [9.17, 15) is 9.18 Å². The maximum absolute atomic E-state index is 13.0. The van der Waals surface area contributed by atoms with Crippen LogP contribution in [0.25, 0.3) is 17.0 Å². The number of anilines is 1. The molecule has 2 aromatic heterocycles. The van der Waals surface area contributed by atoms with Crippen LogP contribution in [0.5, 0.6) is 0 Å². The second-order valence-electron chi connectivity index (χ2n) is 8.07. The Kier molecular flexibility index (Phi) is 5.92. The monoisotopic (exact) mass is 464 g/mol.